The van der Waals surface area contributed by atoms with Gasteiger partial charge in [0, 0.05) is 19.0 Å². The summed E-state index contributed by atoms with van der Waals surface area (Å²) < 4.78 is 5.07. The van der Waals surface area contributed by atoms with Crippen LogP contribution in [0.25, 0.3) is 0 Å². The van der Waals surface area contributed by atoms with Crippen LogP contribution < -0.4 is 0 Å². The molecule has 1 aromatic heterocycles. The van der Waals surface area contributed by atoms with Gasteiger partial charge in [0.05, 0.1) is 5.69 Å². The lowest BCUT2D eigenvalue weighted by molar-refractivity contribution is 0.0755. The Morgan fingerprint density at radius 3 is 3.13 bits per heavy atom. The third kappa shape index (κ3) is 2.00. The van der Waals surface area contributed by atoms with E-state index in [0.29, 0.717) is 23.3 Å². The first-order chi connectivity index (χ1) is 7.22. The Morgan fingerprint density at radius 1 is 1.80 bits per heavy atom. The van der Waals surface area contributed by atoms with Crippen molar-refractivity contribution in [2.75, 3.05) is 19.0 Å². The Morgan fingerprint density at radius 2 is 2.60 bits per heavy atom. The van der Waals surface area contributed by atoms with Crippen LogP contribution in [0.15, 0.2) is 10.8 Å². The summed E-state index contributed by atoms with van der Waals surface area (Å²) >= 11 is 5.76. The molecule has 0 bridgehead atoms. The predicted molar refractivity (Wildman–Crippen MR) is 56.0 cm³/mol. The normalized spacial score (nSPS) is 20.9. The fourth-order valence-electron chi connectivity index (χ4n) is 1.79. The SMILES string of the molecule is Cc1ncoc1C(=O)N1CCC(CCl)C1. The number of hydrogen-bond donors (Lipinski definition) is 0. The molecule has 2 heterocycles. The molecule has 1 fully saturated rings. The number of aryl methyl sites for hydroxylation is 1. The van der Waals surface area contributed by atoms with Crippen LogP contribution >= 0.6 is 11.6 Å². The molecule has 2 rings (SSSR count). The number of carbonyl (C=O) groups is 1. The Balaban J connectivity index is 2.07. The molecule has 0 aromatic carbocycles. The number of likely N-dealkylation sites (tertiary alicyclic amines) is 1. The van der Waals surface area contributed by atoms with Crippen LogP contribution in [0.2, 0.25) is 0 Å². The Hall–Kier alpha value is -1.03. The fraction of sp³-hybridized carbons (Fsp3) is 0.600. The second-order valence-corrected chi connectivity index (χ2v) is 4.14. The molecular formula is C10H13ClN2O2. The highest BCUT2D eigenvalue weighted by atomic mass is 35.5. The molecule has 1 amide bonds. The van der Waals surface area contributed by atoms with Gasteiger partial charge in [0.15, 0.2) is 6.39 Å². The van der Waals surface area contributed by atoms with Crippen molar-refractivity contribution in [1.82, 2.24) is 9.88 Å². The molecular weight excluding hydrogens is 216 g/mol. The Bertz CT molecular complexity index is 364. The van der Waals surface area contributed by atoms with E-state index in [1.54, 1.807) is 11.8 Å². The Labute approximate surface area is 93.2 Å². The van der Waals surface area contributed by atoms with Crippen LogP contribution in [0.5, 0.6) is 0 Å². The van der Waals surface area contributed by atoms with Crippen LogP contribution in [-0.4, -0.2) is 34.8 Å². The minimum Gasteiger partial charge on any atom is -0.438 e. The lowest BCUT2D eigenvalue weighted by atomic mass is 10.2. The van der Waals surface area contributed by atoms with E-state index in [-0.39, 0.29) is 5.91 Å². The van der Waals surface area contributed by atoms with Crippen molar-refractivity contribution in [3.05, 3.63) is 17.8 Å². The number of rotatable bonds is 2. The van der Waals surface area contributed by atoms with Gasteiger partial charge in [-0.2, -0.15) is 0 Å². The average Bonchev–Trinajstić information content (AvgIpc) is 2.84. The molecule has 5 heteroatoms. The van der Waals surface area contributed by atoms with E-state index >= 15 is 0 Å². The zero-order valence-corrected chi connectivity index (χ0v) is 9.33. The van der Waals surface area contributed by atoms with Gasteiger partial charge >= 0.3 is 0 Å². The third-order valence-electron chi connectivity index (χ3n) is 2.73. The average molecular weight is 229 g/mol. The summed E-state index contributed by atoms with van der Waals surface area (Å²) in [4.78, 5) is 17.6. The van der Waals surface area contributed by atoms with Gasteiger partial charge in [-0.15, -0.1) is 11.6 Å². The van der Waals surface area contributed by atoms with E-state index in [4.69, 9.17) is 16.0 Å². The fourth-order valence-corrected chi connectivity index (χ4v) is 2.05. The summed E-state index contributed by atoms with van der Waals surface area (Å²) in [7, 11) is 0. The molecule has 15 heavy (non-hydrogen) atoms. The Kier molecular flexibility index (Phi) is 2.95. The van der Waals surface area contributed by atoms with E-state index in [0.717, 1.165) is 19.5 Å². The van der Waals surface area contributed by atoms with Crippen molar-refractivity contribution in [3.8, 4) is 0 Å². The molecule has 1 aliphatic heterocycles. The van der Waals surface area contributed by atoms with Crippen LogP contribution in [0.1, 0.15) is 22.7 Å². The highest BCUT2D eigenvalue weighted by Crippen LogP contribution is 2.20. The van der Waals surface area contributed by atoms with Crippen LogP contribution in [0.4, 0.5) is 0 Å². The van der Waals surface area contributed by atoms with Gasteiger partial charge in [-0.05, 0) is 19.3 Å². The molecule has 0 saturated carbocycles. The zero-order chi connectivity index (χ0) is 10.8. The first-order valence-electron chi connectivity index (χ1n) is 4.97. The monoisotopic (exact) mass is 228 g/mol. The van der Waals surface area contributed by atoms with Crippen molar-refractivity contribution >= 4 is 17.5 Å². The third-order valence-corrected chi connectivity index (χ3v) is 3.17. The number of carbonyl (C=O) groups excluding carboxylic acids is 1. The minimum absolute atomic E-state index is 0.0717. The lowest BCUT2D eigenvalue weighted by Crippen LogP contribution is -2.29. The zero-order valence-electron chi connectivity index (χ0n) is 8.57. The summed E-state index contributed by atoms with van der Waals surface area (Å²) in [6, 6.07) is 0. The standard InChI is InChI=1S/C10H13ClN2O2/c1-7-9(15-6-12-7)10(14)13-3-2-8(4-11)5-13/h6,8H,2-5H2,1H3. The number of aromatic nitrogens is 1. The molecule has 1 aromatic rings. The van der Waals surface area contributed by atoms with Gasteiger partial charge in [-0.1, -0.05) is 0 Å². The van der Waals surface area contributed by atoms with Crippen LogP contribution in [0, 0.1) is 12.8 Å². The molecule has 82 valence electrons. The summed E-state index contributed by atoms with van der Waals surface area (Å²) in [5.41, 5.74) is 0.648. The van der Waals surface area contributed by atoms with E-state index in [1.807, 2.05) is 0 Å². The van der Waals surface area contributed by atoms with Crippen LogP contribution in [-0.2, 0) is 0 Å². The van der Waals surface area contributed by atoms with E-state index in [1.165, 1.54) is 6.39 Å². The maximum atomic E-state index is 11.9. The van der Waals surface area contributed by atoms with Crippen LogP contribution in [0.3, 0.4) is 0 Å². The first-order valence-corrected chi connectivity index (χ1v) is 5.51. The van der Waals surface area contributed by atoms with Crippen molar-refractivity contribution in [1.29, 1.82) is 0 Å². The molecule has 0 N–H and O–H groups in total. The molecule has 1 unspecified atom stereocenters. The molecule has 4 nitrogen and oxygen atoms in total. The summed E-state index contributed by atoms with van der Waals surface area (Å²) in [6.45, 7) is 3.25. The summed E-state index contributed by atoms with van der Waals surface area (Å²) in [5, 5.41) is 0. The number of oxazole rings is 1. The molecule has 1 saturated heterocycles. The number of halogens is 1. The number of hydrogen-bond acceptors (Lipinski definition) is 3. The smallest absolute Gasteiger partial charge is 0.291 e. The minimum atomic E-state index is -0.0717. The highest BCUT2D eigenvalue weighted by Gasteiger charge is 2.28. The van der Waals surface area contributed by atoms with E-state index in [9.17, 15) is 4.79 Å². The lowest BCUT2D eigenvalue weighted by Gasteiger charge is -2.14. The second kappa shape index (κ2) is 4.23. The number of nitrogens with zero attached hydrogens (tertiary/aromatic N) is 2. The quantitative estimate of drug-likeness (QED) is 0.724. The molecule has 0 radical (unpaired) electrons. The van der Waals surface area contributed by atoms with Crippen molar-refractivity contribution in [3.63, 3.8) is 0 Å². The molecule has 1 atom stereocenters. The highest BCUT2D eigenvalue weighted by molar-refractivity contribution is 6.18. The molecule has 1 aliphatic rings. The number of alkyl halides is 1. The second-order valence-electron chi connectivity index (χ2n) is 3.83. The van der Waals surface area contributed by atoms with E-state index < -0.39 is 0 Å². The van der Waals surface area contributed by atoms with Gasteiger partial charge in [0.1, 0.15) is 0 Å². The maximum Gasteiger partial charge on any atom is 0.291 e. The van der Waals surface area contributed by atoms with Crippen molar-refractivity contribution in [2.24, 2.45) is 5.92 Å². The van der Waals surface area contributed by atoms with E-state index in [2.05, 4.69) is 4.98 Å². The van der Waals surface area contributed by atoms with Gasteiger partial charge in [-0.25, -0.2) is 4.98 Å². The summed E-state index contributed by atoms with van der Waals surface area (Å²) in [5.74, 6) is 1.31. The predicted octanol–water partition coefficient (Wildman–Crippen LogP) is 1.68. The van der Waals surface area contributed by atoms with Crippen molar-refractivity contribution < 1.29 is 9.21 Å². The first kappa shape index (κ1) is 10.5. The van der Waals surface area contributed by atoms with Crippen molar-refractivity contribution in [2.45, 2.75) is 13.3 Å². The van der Waals surface area contributed by atoms with Gasteiger partial charge in [-0.3, -0.25) is 4.79 Å². The largest absolute Gasteiger partial charge is 0.438 e. The van der Waals surface area contributed by atoms with Gasteiger partial charge in [0.25, 0.3) is 5.91 Å². The summed E-state index contributed by atoms with van der Waals surface area (Å²) in [6.07, 6.45) is 2.28. The maximum absolute atomic E-state index is 11.9. The topological polar surface area (TPSA) is 46.3 Å². The van der Waals surface area contributed by atoms with Gasteiger partial charge < -0.3 is 9.32 Å². The number of amides is 1. The molecule has 0 spiro atoms. The molecule has 0 aliphatic carbocycles. The van der Waals surface area contributed by atoms with Gasteiger partial charge in [0.2, 0.25) is 5.76 Å².